The minimum atomic E-state index is -0.202. The number of amides is 1. The third kappa shape index (κ3) is 4.62. The average Bonchev–Trinajstić information content (AvgIpc) is 3.04. The second-order valence-corrected chi connectivity index (χ2v) is 5.67. The first-order chi connectivity index (χ1) is 10.2. The van der Waals surface area contributed by atoms with Gasteiger partial charge in [-0.1, -0.05) is 12.1 Å². The van der Waals surface area contributed by atoms with Crippen LogP contribution in [0.3, 0.4) is 0 Å². The Morgan fingerprint density at radius 1 is 1.43 bits per heavy atom. The number of rotatable bonds is 6. The van der Waals surface area contributed by atoms with Gasteiger partial charge in [-0.3, -0.25) is 4.79 Å². The lowest BCUT2D eigenvalue weighted by molar-refractivity contribution is 0.0950. The maximum Gasteiger partial charge on any atom is 0.251 e. The number of hydrogen-bond acceptors (Lipinski definition) is 4. The first-order valence-electron chi connectivity index (χ1n) is 6.62. The minimum Gasteiger partial charge on any atom is -0.488 e. The van der Waals surface area contributed by atoms with Gasteiger partial charge in [0, 0.05) is 17.0 Å². The fourth-order valence-corrected chi connectivity index (χ4v) is 2.29. The molecule has 2 rings (SSSR count). The summed E-state index contributed by atoms with van der Waals surface area (Å²) in [7, 11) is 0. The van der Waals surface area contributed by atoms with Crippen LogP contribution in [0.25, 0.3) is 0 Å². The summed E-state index contributed by atoms with van der Waals surface area (Å²) >= 11 is 1.63. The topological polar surface area (TPSA) is 62.1 Å². The van der Waals surface area contributed by atoms with Gasteiger partial charge >= 0.3 is 0 Å². The largest absolute Gasteiger partial charge is 0.488 e. The molecule has 0 saturated heterocycles. The van der Waals surface area contributed by atoms with E-state index in [0.29, 0.717) is 24.5 Å². The smallest absolute Gasteiger partial charge is 0.251 e. The Kier molecular flexibility index (Phi) is 5.35. The molecule has 0 aliphatic rings. The van der Waals surface area contributed by atoms with Crippen molar-refractivity contribution in [2.45, 2.75) is 13.5 Å². The number of thiophene rings is 1. The van der Waals surface area contributed by atoms with Gasteiger partial charge in [-0.15, -0.1) is 11.3 Å². The zero-order valence-electron chi connectivity index (χ0n) is 11.7. The van der Waals surface area contributed by atoms with E-state index >= 15 is 0 Å². The van der Waals surface area contributed by atoms with Crippen LogP contribution in [0.2, 0.25) is 0 Å². The fourth-order valence-electron chi connectivity index (χ4n) is 1.67. The molecule has 4 nitrogen and oxygen atoms in total. The highest BCUT2D eigenvalue weighted by Gasteiger charge is 2.08. The van der Waals surface area contributed by atoms with E-state index in [1.807, 2.05) is 23.6 Å². The van der Waals surface area contributed by atoms with Crippen molar-refractivity contribution < 1.29 is 9.53 Å². The van der Waals surface area contributed by atoms with Crippen LogP contribution < -0.4 is 10.1 Å². The highest BCUT2D eigenvalue weighted by molar-refractivity contribution is 7.09. The van der Waals surface area contributed by atoms with Crippen molar-refractivity contribution in [3.8, 4) is 11.8 Å². The molecule has 0 aliphatic carbocycles. The maximum absolute atomic E-state index is 12.0. The van der Waals surface area contributed by atoms with Gasteiger partial charge in [-0.25, -0.2) is 0 Å². The molecule has 1 aromatic heterocycles. The van der Waals surface area contributed by atoms with Gasteiger partial charge in [0.2, 0.25) is 0 Å². The summed E-state index contributed by atoms with van der Waals surface area (Å²) in [6, 6.07) is 13.1. The molecular weight excluding hydrogens is 284 g/mol. The van der Waals surface area contributed by atoms with Crippen LogP contribution in [0.4, 0.5) is 0 Å². The molecule has 1 heterocycles. The Hall–Kier alpha value is -2.32. The zero-order valence-corrected chi connectivity index (χ0v) is 12.5. The van der Waals surface area contributed by atoms with Crippen molar-refractivity contribution in [2.75, 3.05) is 6.54 Å². The molecule has 0 fully saturated rings. The van der Waals surface area contributed by atoms with E-state index in [4.69, 9.17) is 10.00 Å². The standard InChI is InChI=1S/C16H16N2O2S/c1-12(9-17)10-18-16(19)13-4-2-5-14(8-13)20-11-15-6-3-7-21-15/h2-8,12H,10-11H2,1H3,(H,18,19). The molecule has 2 aromatic rings. The molecule has 21 heavy (non-hydrogen) atoms. The molecule has 0 saturated carbocycles. The summed E-state index contributed by atoms with van der Waals surface area (Å²) in [6.45, 7) is 2.60. The quantitative estimate of drug-likeness (QED) is 0.891. The summed E-state index contributed by atoms with van der Waals surface area (Å²) in [4.78, 5) is 13.1. The molecule has 1 unspecified atom stereocenters. The molecule has 1 N–H and O–H groups in total. The van der Waals surface area contributed by atoms with E-state index in [0.717, 1.165) is 4.88 Å². The van der Waals surface area contributed by atoms with Crippen LogP contribution >= 0.6 is 11.3 Å². The van der Waals surface area contributed by atoms with Crippen molar-refractivity contribution in [1.82, 2.24) is 5.32 Å². The Labute approximate surface area is 128 Å². The molecule has 5 heteroatoms. The van der Waals surface area contributed by atoms with E-state index in [2.05, 4.69) is 11.4 Å². The lowest BCUT2D eigenvalue weighted by Crippen LogP contribution is -2.27. The first-order valence-corrected chi connectivity index (χ1v) is 7.50. The third-order valence-electron chi connectivity index (χ3n) is 2.85. The first kappa shape index (κ1) is 15.1. The van der Waals surface area contributed by atoms with Gasteiger partial charge in [0.05, 0.1) is 12.0 Å². The van der Waals surface area contributed by atoms with Gasteiger partial charge in [0.25, 0.3) is 5.91 Å². The van der Waals surface area contributed by atoms with Crippen LogP contribution in [0.1, 0.15) is 22.2 Å². The maximum atomic E-state index is 12.0. The number of nitriles is 1. The van der Waals surface area contributed by atoms with Crippen LogP contribution in [0, 0.1) is 17.2 Å². The molecule has 0 radical (unpaired) electrons. The average molecular weight is 300 g/mol. The molecule has 0 bridgehead atoms. The Morgan fingerprint density at radius 3 is 3.00 bits per heavy atom. The van der Waals surface area contributed by atoms with Crippen molar-refractivity contribution in [2.24, 2.45) is 5.92 Å². The summed E-state index contributed by atoms with van der Waals surface area (Å²) in [6.07, 6.45) is 0. The Morgan fingerprint density at radius 2 is 2.29 bits per heavy atom. The monoisotopic (exact) mass is 300 g/mol. The van der Waals surface area contributed by atoms with Crippen LogP contribution in [-0.2, 0) is 6.61 Å². The fraction of sp³-hybridized carbons (Fsp3) is 0.250. The number of nitrogens with zero attached hydrogens (tertiary/aromatic N) is 1. The molecule has 0 aliphatic heterocycles. The van der Waals surface area contributed by atoms with Gasteiger partial charge < -0.3 is 10.1 Å². The summed E-state index contributed by atoms with van der Waals surface area (Å²) in [5.74, 6) is 0.260. The summed E-state index contributed by atoms with van der Waals surface area (Å²) in [5.41, 5.74) is 0.531. The molecule has 1 amide bonds. The van der Waals surface area contributed by atoms with Crippen molar-refractivity contribution >= 4 is 17.2 Å². The lowest BCUT2D eigenvalue weighted by atomic mass is 10.1. The number of carbonyl (C=O) groups is 1. The van der Waals surface area contributed by atoms with Crippen molar-refractivity contribution in [1.29, 1.82) is 5.26 Å². The normalized spacial score (nSPS) is 11.4. The lowest BCUT2D eigenvalue weighted by Gasteiger charge is -2.08. The SMILES string of the molecule is CC(C#N)CNC(=O)c1cccc(OCc2cccs2)c1. The minimum absolute atomic E-state index is 0.196. The molecule has 1 atom stereocenters. The summed E-state index contributed by atoms with van der Waals surface area (Å²) in [5, 5.41) is 13.4. The number of ether oxygens (including phenoxy) is 1. The van der Waals surface area contributed by atoms with E-state index in [9.17, 15) is 4.79 Å². The predicted molar refractivity (Wildman–Crippen MR) is 82.2 cm³/mol. The van der Waals surface area contributed by atoms with E-state index < -0.39 is 0 Å². The van der Waals surface area contributed by atoms with Crippen LogP contribution in [-0.4, -0.2) is 12.5 Å². The molecule has 108 valence electrons. The van der Waals surface area contributed by atoms with Gasteiger partial charge in [-0.05, 0) is 36.6 Å². The van der Waals surface area contributed by atoms with Crippen molar-refractivity contribution in [3.63, 3.8) is 0 Å². The second-order valence-electron chi connectivity index (χ2n) is 4.64. The molecule has 1 aromatic carbocycles. The van der Waals surface area contributed by atoms with E-state index in [-0.39, 0.29) is 11.8 Å². The van der Waals surface area contributed by atoms with Gasteiger partial charge in [0.1, 0.15) is 12.4 Å². The third-order valence-corrected chi connectivity index (χ3v) is 3.70. The van der Waals surface area contributed by atoms with E-state index in [1.54, 1.807) is 36.5 Å². The van der Waals surface area contributed by atoms with Crippen LogP contribution in [0.5, 0.6) is 5.75 Å². The predicted octanol–water partition coefficient (Wildman–Crippen LogP) is 3.22. The zero-order chi connectivity index (χ0) is 15.1. The number of hydrogen-bond donors (Lipinski definition) is 1. The molecular formula is C16H16N2O2S. The number of benzene rings is 1. The van der Waals surface area contributed by atoms with Gasteiger partial charge in [-0.2, -0.15) is 5.26 Å². The second kappa shape index (κ2) is 7.46. The number of nitrogens with one attached hydrogen (secondary N) is 1. The van der Waals surface area contributed by atoms with E-state index in [1.165, 1.54) is 0 Å². The summed E-state index contributed by atoms with van der Waals surface area (Å²) < 4.78 is 5.67. The Bertz CT molecular complexity index is 632. The van der Waals surface area contributed by atoms with Crippen molar-refractivity contribution in [3.05, 3.63) is 52.2 Å². The molecule has 0 spiro atoms. The highest BCUT2D eigenvalue weighted by atomic mass is 32.1. The highest BCUT2D eigenvalue weighted by Crippen LogP contribution is 2.17. The Balaban J connectivity index is 1.94. The van der Waals surface area contributed by atoms with Gasteiger partial charge in [0.15, 0.2) is 0 Å². The van der Waals surface area contributed by atoms with Crippen LogP contribution in [0.15, 0.2) is 41.8 Å². The number of carbonyl (C=O) groups excluding carboxylic acids is 1.